The van der Waals surface area contributed by atoms with Gasteiger partial charge in [-0.3, -0.25) is 4.68 Å². The summed E-state index contributed by atoms with van der Waals surface area (Å²) in [5.41, 5.74) is 4.92. The van der Waals surface area contributed by atoms with Crippen LogP contribution in [0.3, 0.4) is 0 Å². The maximum atomic E-state index is 5.97. The molecule has 4 nitrogen and oxygen atoms in total. The smallest absolute Gasteiger partial charge is 0.127 e. The molecule has 0 radical (unpaired) electrons. The Morgan fingerprint density at radius 2 is 2.24 bits per heavy atom. The molecule has 1 aromatic heterocycles. The van der Waals surface area contributed by atoms with E-state index in [9.17, 15) is 0 Å². The predicted octanol–water partition coefficient (Wildman–Crippen LogP) is 2.62. The third-order valence-corrected chi connectivity index (χ3v) is 4.15. The highest BCUT2D eigenvalue weighted by molar-refractivity contribution is 5.48. The summed E-state index contributed by atoms with van der Waals surface area (Å²) in [5, 5.41) is 8.01. The number of fused-ring (bicyclic) bond motifs is 1. The van der Waals surface area contributed by atoms with E-state index < -0.39 is 0 Å². The lowest BCUT2D eigenvalue weighted by Gasteiger charge is -2.25. The van der Waals surface area contributed by atoms with Crippen molar-refractivity contribution in [1.82, 2.24) is 15.1 Å². The summed E-state index contributed by atoms with van der Waals surface area (Å²) in [6.45, 7) is 2.96. The van der Waals surface area contributed by atoms with Gasteiger partial charge in [-0.25, -0.2) is 0 Å². The van der Waals surface area contributed by atoms with Crippen LogP contribution >= 0.6 is 0 Å². The molecule has 0 spiro atoms. The molecule has 0 fully saturated rings. The number of para-hydroxylation sites is 1. The van der Waals surface area contributed by atoms with Crippen molar-refractivity contribution in [3.63, 3.8) is 0 Å². The number of rotatable bonds is 4. The quantitative estimate of drug-likeness (QED) is 0.938. The average molecular weight is 285 g/mol. The van der Waals surface area contributed by atoms with E-state index >= 15 is 0 Å². The van der Waals surface area contributed by atoms with Crippen LogP contribution in [0.25, 0.3) is 0 Å². The van der Waals surface area contributed by atoms with E-state index in [0.29, 0.717) is 0 Å². The van der Waals surface area contributed by atoms with E-state index in [1.807, 2.05) is 18.8 Å². The van der Waals surface area contributed by atoms with Gasteiger partial charge in [0.15, 0.2) is 0 Å². The molecule has 4 heteroatoms. The van der Waals surface area contributed by atoms with Crippen LogP contribution in [0.5, 0.6) is 5.75 Å². The number of ether oxygens (including phenoxy) is 1. The van der Waals surface area contributed by atoms with E-state index in [1.54, 1.807) is 0 Å². The Morgan fingerprint density at radius 1 is 1.38 bits per heavy atom. The molecule has 1 aromatic carbocycles. The van der Waals surface area contributed by atoms with Crippen molar-refractivity contribution in [2.75, 3.05) is 13.7 Å². The molecule has 0 aliphatic carbocycles. The predicted molar refractivity (Wildman–Crippen MR) is 83.7 cm³/mol. The van der Waals surface area contributed by atoms with E-state index in [1.165, 1.54) is 16.7 Å². The van der Waals surface area contributed by atoms with Crippen LogP contribution in [0, 0.1) is 0 Å². The molecule has 1 unspecified atom stereocenters. The van der Waals surface area contributed by atoms with Gasteiger partial charge < -0.3 is 10.1 Å². The maximum Gasteiger partial charge on any atom is 0.127 e. The minimum Gasteiger partial charge on any atom is -0.493 e. The topological polar surface area (TPSA) is 39.1 Å². The zero-order valence-electron chi connectivity index (χ0n) is 13.0. The first-order valence-electron chi connectivity index (χ1n) is 7.68. The van der Waals surface area contributed by atoms with Gasteiger partial charge in [-0.1, -0.05) is 25.1 Å². The van der Waals surface area contributed by atoms with Gasteiger partial charge in [-0.05, 0) is 31.9 Å². The standard InChI is InChI=1S/C17H23N3O/c1-4-15-14(11-20(3)19-15)16(18-2)13-9-5-7-12-8-6-10-21-17(12)13/h5,7,9,11,16,18H,4,6,8,10H2,1-3H3. The molecule has 2 aromatic rings. The van der Waals surface area contributed by atoms with Gasteiger partial charge in [0.05, 0.1) is 18.3 Å². The number of nitrogens with zero attached hydrogens (tertiary/aromatic N) is 2. The maximum absolute atomic E-state index is 5.97. The second-order valence-corrected chi connectivity index (χ2v) is 5.57. The number of aryl methyl sites for hydroxylation is 3. The van der Waals surface area contributed by atoms with Crippen molar-refractivity contribution < 1.29 is 4.74 Å². The normalized spacial score (nSPS) is 15.4. The summed E-state index contributed by atoms with van der Waals surface area (Å²) in [7, 11) is 3.98. The summed E-state index contributed by atoms with van der Waals surface area (Å²) in [4.78, 5) is 0. The third kappa shape index (κ3) is 2.56. The first kappa shape index (κ1) is 14.1. The summed E-state index contributed by atoms with van der Waals surface area (Å²) in [5.74, 6) is 1.06. The number of benzene rings is 1. The van der Waals surface area contributed by atoms with Crippen LogP contribution in [0.1, 0.15) is 41.8 Å². The summed E-state index contributed by atoms with van der Waals surface area (Å²) in [6.07, 6.45) is 5.26. The molecule has 1 atom stereocenters. The second kappa shape index (κ2) is 5.90. The Labute approximate surface area is 126 Å². The second-order valence-electron chi connectivity index (χ2n) is 5.57. The molecule has 3 rings (SSSR count). The Morgan fingerprint density at radius 3 is 3.00 bits per heavy atom. The SMILES string of the molecule is CCc1nn(C)cc1C(NC)c1cccc2c1OCCC2. The lowest BCUT2D eigenvalue weighted by Crippen LogP contribution is -2.21. The molecular weight excluding hydrogens is 262 g/mol. The highest BCUT2D eigenvalue weighted by Gasteiger charge is 2.24. The highest BCUT2D eigenvalue weighted by atomic mass is 16.5. The van der Waals surface area contributed by atoms with Crippen LogP contribution in [0.4, 0.5) is 0 Å². The lowest BCUT2D eigenvalue weighted by molar-refractivity contribution is 0.283. The van der Waals surface area contributed by atoms with Crippen molar-refractivity contribution in [1.29, 1.82) is 0 Å². The van der Waals surface area contributed by atoms with Gasteiger partial charge in [0.2, 0.25) is 0 Å². The number of hydrogen-bond acceptors (Lipinski definition) is 3. The summed E-state index contributed by atoms with van der Waals surface area (Å²) >= 11 is 0. The van der Waals surface area contributed by atoms with E-state index in [0.717, 1.165) is 37.3 Å². The van der Waals surface area contributed by atoms with Crippen molar-refractivity contribution in [2.45, 2.75) is 32.2 Å². The van der Waals surface area contributed by atoms with E-state index in [4.69, 9.17) is 4.74 Å². The van der Waals surface area contributed by atoms with Crippen molar-refractivity contribution in [2.24, 2.45) is 7.05 Å². The number of nitrogens with one attached hydrogen (secondary N) is 1. The van der Waals surface area contributed by atoms with Gasteiger partial charge in [0.1, 0.15) is 5.75 Å². The van der Waals surface area contributed by atoms with Gasteiger partial charge in [0.25, 0.3) is 0 Å². The minimum atomic E-state index is 0.127. The summed E-state index contributed by atoms with van der Waals surface area (Å²) in [6, 6.07) is 6.60. The Bertz CT molecular complexity index is 633. The van der Waals surface area contributed by atoms with Crippen molar-refractivity contribution in [3.8, 4) is 5.75 Å². The van der Waals surface area contributed by atoms with E-state index in [2.05, 4.69) is 41.7 Å². The third-order valence-electron chi connectivity index (χ3n) is 4.15. The zero-order valence-corrected chi connectivity index (χ0v) is 13.0. The van der Waals surface area contributed by atoms with Gasteiger partial charge in [-0.15, -0.1) is 0 Å². The monoisotopic (exact) mass is 285 g/mol. The molecule has 1 N–H and O–H groups in total. The molecule has 2 heterocycles. The number of hydrogen-bond donors (Lipinski definition) is 1. The molecule has 0 bridgehead atoms. The summed E-state index contributed by atoms with van der Waals surface area (Å²) < 4.78 is 7.87. The first-order valence-corrected chi connectivity index (χ1v) is 7.68. The molecule has 0 amide bonds. The van der Waals surface area contributed by atoms with Gasteiger partial charge in [-0.2, -0.15) is 5.10 Å². The van der Waals surface area contributed by atoms with Crippen LogP contribution in [0.15, 0.2) is 24.4 Å². The molecular formula is C17H23N3O. The Kier molecular flexibility index (Phi) is 3.97. The fourth-order valence-electron chi connectivity index (χ4n) is 3.19. The fraction of sp³-hybridized carbons (Fsp3) is 0.471. The minimum absolute atomic E-state index is 0.127. The van der Waals surface area contributed by atoms with Crippen LogP contribution in [-0.2, 0) is 19.9 Å². The van der Waals surface area contributed by atoms with Crippen molar-refractivity contribution >= 4 is 0 Å². The van der Waals surface area contributed by atoms with Gasteiger partial charge >= 0.3 is 0 Å². The molecule has 1 aliphatic heterocycles. The van der Waals surface area contributed by atoms with Crippen LogP contribution < -0.4 is 10.1 Å². The largest absolute Gasteiger partial charge is 0.493 e. The van der Waals surface area contributed by atoms with Gasteiger partial charge in [0, 0.05) is 24.4 Å². The molecule has 112 valence electrons. The fourth-order valence-corrected chi connectivity index (χ4v) is 3.19. The Balaban J connectivity index is 2.08. The average Bonchev–Trinajstić information content (AvgIpc) is 2.89. The first-order chi connectivity index (χ1) is 10.2. The van der Waals surface area contributed by atoms with Crippen molar-refractivity contribution in [3.05, 3.63) is 46.8 Å². The van der Waals surface area contributed by atoms with E-state index in [-0.39, 0.29) is 6.04 Å². The zero-order chi connectivity index (χ0) is 14.8. The number of aromatic nitrogens is 2. The highest BCUT2D eigenvalue weighted by Crippen LogP contribution is 2.36. The molecule has 1 aliphatic rings. The molecule has 0 saturated carbocycles. The molecule has 21 heavy (non-hydrogen) atoms. The van der Waals surface area contributed by atoms with Crippen LogP contribution in [0.2, 0.25) is 0 Å². The van der Waals surface area contributed by atoms with Crippen LogP contribution in [-0.4, -0.2) is 23.4 Å². The Hall–Kier alpha value is -1.81. The molecule has 0 saturated heterocycles. The lowest BCUT2D eigenvalue weighted by atomic mass is 9.93.